The molecule has 0 radical (unpaired) electrons. The van der Waals surface area contributed by atoms with Gasteiger partial charge in [0.25, 0.3) is 0 Å². The van der Waals surface area contributed by atoms with E-state index in [1.54, 1.807) is 0 Å². The molecule has 0 spiro atoms. The zero-order chi connectivity index (χ0) is 18.7. The lowest BCUT2D eigenvalue weighted by atomic mass is 10.1. The van der Waals surface area contributed by atoms with E-state index in [2.05, 4.69) is 11.4 Å². The molecule has 0 saturated heterocycles. The summed E-state index contributed by atoms with van der Waals surface area (Å²) in [6, 6.07) is 13.9. The van der Waals surface area contributed by atoms with Gasteiger partial charge in [-0.2, -0.15) is 0 Å². The smallest absolute Gasteiger partial charge is 0.352 e. The Labute approximate surface area is 158 Å². The molecule has 0 amide bonds. The lowest BCUT2D eigenvalue weighted by Crippen LogP contribution is -2.19. The van der Waals surface area contributed by atoms with E-state index in [0.717, 1.165) is 45.6 Å². The Morgan fingerprint density at radius 1 is 1.23 bits per heavy atom. The summed E-state index contributed by atoms with van der Waals surface area (Å²) in [6.45, 7) is 5.87. The van der Waals surface area contributed by atoms with Crippen LogP contribution in [0, 0.1) is 6.92 Å². The van der Waals surface area contributed by atoms with Crippen LogP contribution in [-0.4, -0.2) is 22.2 Å². The Morgan fingerprint density at radius 2 is 2.00 bits per heavy atom. The van der Waals surface area contributed by atoms with Crippen LogP contribution in [0.1, 0.15) is 34.1 Å². The lowest BCUT2D eigenvalue weighted by molar-refractivity contribution is 0.0684. The maximum absolute atomic E-state index is 11.9. The van der Waals surface area contributed by atoms with Gasteiger partial charge < -0.3 is 15.0 Å². The summed E-state index contributed by atoms with van der Waals surface area (Å²) in [5.41, 5.74) is 4.41. The van der Waals surface area contributed by atoms with Crippen molar-refractivity contribution in [3.63, 3.8) is 0 Å². The number of carboxylic acids is 1. The van der Waals surface area contributed by atoms with E-state index >= 15 is 0 Å². The second-order valence-corrected chi connectivity index (χ2v) is 6.82. The summed E-state index contributed by atoms with van der Waals surface area (Å²) in [6.07, 6.45) is 0.799. The minimum atomic E-state index is -0.886. The average molecular weight is 371 g/mol. The van der Waals surface area contributed by atoms with Crippen LogP contribution in [0.5, 0.6) is 0 Å². The molecular formula is C21H23ClN2O2. The summed E-state index contributed by atoms with van der Waals surface area (Å²) in [5, 5.41) is 14.9. The van der Waals surface area contributed by atoms with Crippen molar-refractivity contribution >= 4 is 28.5 Å². The van der Waals surface area contributed by atoms with Crippen molar-refractivity contribution in [1.82, 2.24) is 9.88 Å². The second-order valence-electron chi connectivity index (χ2n) is 6.42. The van der Waals surface area contributed by atoms with Gasteiger partial charge in [-0.1, -0.05) is 41.9 Å². The lowest BCUT2D eigenvalue weighted by Gasteiger charge is -2.08. The predicted octanol–water partition coefficient (Wildman–Crippen LogP) is 4.65. The van der Waals surface area contributed by atoms with Crippen LogP contribution in [0.4, 0.5) is 0 Å². The van der Waals surface area contributed by atoms with Gasteiger partial charge in [-0.15, -0.1) is 0 Å². The predicted molar refractivity (Wildman–Crippen MR) is 106 cm³/mol. The third kappa shape index (κ3) is 3.62. The molecule has 2 N–H and O–H groups in total. The van der Waals surface area contributed by atoms with Gasteiger partial charge in [0.1, 0.15) is 5.69 Å². The van der Waals surface area contributed by atoms with E-state index in [1.165, 1.54) is 0 Å². The van der Waals surface area contributed by atoms with E-state index < -0.39 is 5.97 Å². The molecule has 0 aliphatic heterocycles. The molecule has 0 atom stereocenters. The number of benzene rings is 2. The molecule has 0 bridgehead atoms. The second kappa shape index (κ2) is 7.94. The van der Waals surface area contributed by atoms with Crippen molar-refractivity contribution < 1.29 is 9.90 Å². The van der Waals surface area contributed by atoms with Crippen LogP contribution in [-0.2, 0) is 19.5 Å². The third-order valence-corrected chi connectivity index (χ3v) is 5.04. The molecule has 3 aromatic rings. The number of aryl methyl sites for hydroxylation is 2. The van der Waals surface area contributed by atoms with Gasteiger partial charge in [0.05, 0.1) is 0 Å². The normalized spacial score (nSPS) is 11.2. The first-order valence-corrected chi connectivity index (χ1v) is 9.19. The van der Waals surface area contributed by atoms with Gasteiger partial charge in [-0.05, 0) is 50.1 Å². The Hall–Kier alpha value is -2.30. The van der Waals surface area contributed by atoms with Gasteiger partial charge in [-0.25, -0.2) is 4.79 Å². The topological polar surface area (TPSA) is 54.3 Å². The molecule has 136 valence electrons. The number of aromatic carboxylic acids is 1. The highest BCUT2D eigenvalue weighted by Gasteiger charge is 2.21. The van der Waals surface area contributed by atoms with Crippen LogP contribution in [0.3, 0.4) is 0 Å². The van der Waals surface area contributed by atoms with Gasteiger partial charge in [0.2, 0.25) is 0 Å². The first-order chi connectivity index (χ1) is 12.5. The van der Waals surface area contributed by atoms with E-state index in [-0.39, 0.29) is 0 Å². The SMILES string of the molecule is CCn1c(C(=O)O)c(CNCCc2ccccc2Cl)c2ccc(C)cc21. The molecule has 1 heterocycles. The monoisotopic (exact) mass is 370 g/mol. The zero-order valence-electron chi connectivity index (χ0n) is 15.1. The number of carboxylic acid groups (broad SMARTS) is 1. The van der Waals surface area contributed by atoms with Gasteiger partial charge in [-0.3, -0.25) is 0 Å². The number of hydrogen-bond donors (Lipinski definition) is 2. The highest BCUT2D eigenvalue weighted by Crippen LogP contribution is 2.27. The van der Waals surface area contributed by atoms with Crippen LogP contribution in [0.15, 0.2) is 42.5 Å². The van der Waals surface area contributed by atoms with Crippen molar-refractivity contribution in [3.8, 4) is 0 Å². The standard InChI is InChI=1S/C21H23ClN2O2/c1-3-24-19-12-14(2)8-9-16(19)17(20(24)21(25)26)13-23-11-10-15-6-4-5-7-18(15)22/h4-9,12,23H,3,10-11,13H2,1-2H3,(H,25,26). The fraction of sp³-hybridized carbons (Fsp3) is 0.286. The highest BCUT2D eigenvalue weighted by molar-refractivity contribution is 6.31. The van der Waals surface area contributed by atoms with Crippen molar-refractivity contribution in [2.24, 2.45) is 0 Å². The zero-order valence-corrected chi connectivity index (χ0v) is 15.8. The molecule has 0 saturated carbocycles. The maximum atomic E-state index is 11.9. The number of carbonyl (C=O) groups is 1. The minimum Gasteiger partial charge on any atom is -0.477 e. The van der Waals surface area contributed by atoms with E-state index in [1.807, 2.05) is 54.8 Å². The summed E-state index contributed by atoms with van der Waals surface area (Å²) in [7, 11) is 0. The minimum absolute atomic E-state index is 0.373. The molecule has 0 aliphatic rings. The summed E-state index contributed by atoms with van der Waals surface area (Å²) >= 11 is 6.19. The average Bonchev–Trinajstić information content (AvgIpc) is 2.93. The number of aromatic nitrogens is 1. The Balaban J connectivity index is 1.84. The first-order valence-electron chi connectivity index (χ1n) is 8.82. The van der Waals surface area contributed by atoms with E-state index in [9.17, 15) is 9.90 Å². The van der Waals surface area contributed by atoms with Crippen molar-refractivity contribution in [2.75, 3.05) is 6.54 Å². The maximum Gasteiger partial charge on any atom is 0.352 e. The molecular weight excluding hydrogens is 348 g/mol. The molecule has 26 heavy (non-hydrogen) atoms. The van der Waals surface area contributed by atoms with E-state index in [4.69, 9.17) is 11.6 Å². The van der Waals surface area contributed by atoms with Gasteiger partial charge >= 0.3 is 5.97 Å². The number of nitrogens with one attached hydrogen (secondary N) is 1. The fourth-order valence-corrected chi connectivity index (χ4v) is 3.65. The van der Waals surface area contributed by atoms with Gasteiger partial charge in [0, 0.05) is 34.6 Å². The van der Waals surface area contributed by atoms with E-state index in [0.29, 0.717) is 18.8 Å². The van der Waals surface area contributed by atoms with Crippen LogP contribution in [0.25, 0.3) is 10.9 Å². The fourth-order valence-electron chi connectivity index (χ4n) is 3.42. The third-order valence-electron chi connectivity index (χ3n) is 4.67. The first kappa shape index (κ1) is 18.5. The van der Waals surface area contributed by atoms with Crippen LogP contribution in [0.2, 0.25) is 5.02 Å². The molecule has 5 heteroatoms. The summed E-state index contributed by atoms with van der Waals surface area (Å²) < 4.78 is 1.88. The molecule has 0 aliphatic carbocycles. The number of halogens is 1. The largest absolute Gasteiger partial charge is 0.477 e. The molecule has 0 unspecified atom stereocenters. The molecule has 0 fully saturated rings. The van der Waals surface area contributed by atoms with Crippen LogP contribution >= 0.6 is 11.6 Å². The molecule has 3 rings (SSSR count). The van der Waals surface area contributed by atoms with Crippen molar-refractivity contribution in [2.45, 2.75) is 33.4 Å². The number of rotatable bonds is 7. The van der Waals surface area contributed by atoms with Crippen LogP contribution < -0.4 is 5.32 Å². The number of hydrogen-bond acceptors (Lipinski definition) is 2. The molecule has 1 aromatic heterocycles. The highest BCUT2D eigenvalue weighted by atomic mass is 35.5. The van der Waals surface area contributed by atoms with Crippen molar-refractivity contribution in [1.29, 1.82) is 0 Å². The molecule has 2 aromatic carbocycles. The summed E-state index contributed by atoms with van der Waals surface area (Å²) in [5.74, 6) is -0.886. The Kier molecular flexibility index (Phi) is 5.64. The summed E-state index contributed by atoms with van der Waals surface area (Å²) in [4.78, 5) is 11.9. The van der Waals surface area contributed by atoms with Crippen molar-refractivity contribution in [3.05, 3.63) is 69.9 Å². The Bertz CT molecular complexity index is 947. The number of fused-ring (bicyclic) bond motifs is 1. The molecule has 4 nitrogen and oxygen atoms in total. The van der Waals surface area contributed by atoms with Gasteiger partial charge in [0.15, 0.2) is 0 Å². The quantitative estimate of drug-likeness (QED) is 0.595. The Morgan fingerprint density at radius 3 is 2.69 bits per heavy atom. The number of nitrogens with zero attached hydrogens (tertiary/aromatic N) is 1.